The van der Waals surface area contributed by atoms with E-state index in [-0.39, 0.29) is 5.91 Å². The van der Waals surface area contributed by atoms with E-state index in [0.717, 1.165) is 5.56 Å². The summed E-state index contributed by atoms with van der Waals surface area (Å²) >= 11 is 0. The summed E-state index contributed by atoms with van der Waals surface area (Å²) in [4.78, 5) is 15.9. The molecule has 0 fully saturated rings. The van der Waals surface area contributed by atoms with Gasteiger partial charge in [0.2, 0.25) is 11.7 Å². The molecule has 0 saturated carbocycles. The number of rotatable bonds is 4. The highest BCUT2D eigenvalue weighted by molar-refractivity contribution is 7.21. The Morgan fingerprint density at radius 1 is 1.45 bits per heavy atom. The van der Waals surface area contributed by atoms with E-state index in [4.69, 9.17) is 12.4 Å². The van der Waals surface area contributed by atoms with Crippen LogP contribution >= 0.6 is 9.24 Å². The number of aromatic nitrogens is 2. The van der Waals surface area contributed by atoms with E-state index >= 15 is 0 Å². The zero-order valence-electron chi connectivity index (χ0n) is 11.4. The third-order valence-electron chi connectivity index (χ3n) is 2.63. The van der Waals surface area contributed by atoms with Crippen molar-refractivity contribution >= 4 is 23.0 Å². The Hall–Kier alpha value is -1.68. The van der Waals surface area contributed by atoms with Gasteiger partial charge in [-0.25, -0.2) is 0 Å². The van der Waals surface area contributed by atoms with E-state index in [0.29, 0.717) is 23.8 Å². The molecule has 2 aromatic rings. The number of carbonyl (C=O) groups is 1. The van der Waals surface area contributed by atoms with Crippen LogP contribution in [0.4, 0.5) is 0 Å². The molecule has 20 heavy (non-hydrogen) atoms. The van der Waals surface area contributed by atoms with Crippen LogP contribution in [0.1, 0.15) is 30.1 Å². The predicted octanol–water partition coefficient (Wildman–Crippen LogP) is 1.70. The van der Waals surface area contributed by atoms with Crippen molar-refractivity contribution in [2.75, 3.05) is 6.54 Å². The Kier molecular flexibility index (Phi) is 4.24. The summed E-state index contributed by atoms with van der Waals surface area (Å²) in [5.74, 6) is 0.680. The fourth-order valence-corrected chi connectivity index (χ4v) is 1.71. The first-order chi connectivity index (χ1) is 9.41. The predicted molar refractivity (Wildman–Crippen MR) is 80.6 cm³/mol. The van der Waals surface area contributed by atoms with Crippen molar-refractivity contribution in [1.29, 1.82) is 0 Å². The molecule has 0 saturated heterocycles. The van der Waals surface area contributed by atoms with Crippen LogP contribution in [0.2, 0.25) is 0 Å². The van der Waals surface area contributed by atoms with Crippen LogP contribution in [0, 0.1) is 0 Å². The molecule has 1 heterocycles. The topological polar surface area (TPSA) is 68.0 Å². The van der Waals surface area contributed by atoms with Crippen molar-refractivity contribution in [2.24, 2.45) is 0 Å². The molecule has 7 heteroatoms. The standard InChI is InChI=1S/C13H15BN3O2P/c1-3-15-11(18)9-6-4-8(5-7-9)10-16-12(19-17-10)13(2,14)20/h4-7H,3,20H2,1-2H3,(H,15,18). The largest absolute Gasteiger partial charge is 0.352 e. The van der Waals surface area contributed by atoms with Crippen LogP contribution in [0.3, 0.4) is 0 Å². The summed E-state index contributed by atoms with van der Waals surface area (Å²) in [6, 6.07) is 6.99. The zero-order valence-corrected chi connectivity index (χ0v) is 12.5. The minimum absolute atomic E-state index is 0.104. The molecule has 0 aliphatic carbocycles. The highest BCUT2D eigenvalue weighted by atomic mass is 31.0. The second-order valence-electron chi connectivity index (χ2n) is 4.64. The van der Waals surface area contributed by atoms with E-state index in [9.17, 15) is 4.79 Å². The molecule has 5 nitrogen and oxygen atoms in total. The van der Waals surface area contributed by atoms with Crippen LogP contribution in [0.15, 0.2) is 28.8 Å². The van der Waals surface area contributed by atoms with Gasteiger partial charge in [0.15, 0.2) is 0 Å². The van der Waals surface area contributed by atoms with Crippen LogP contribution in [0.5, 0.6) is 0 Å². The molecule has 0 spiro atoms. The van der Waals surface area contributed by atoms with Gasteiger partial charge in [-0.15, -0.1) is 9.24 Å². The monoisotopic (exact) mass is 287 g/mol. The lowest BCUT2D eigenvalue weighted by Gasteiger charge is -2.10. The maximum Gasteiger partial charge on any atom is 0.251 e. The van der Waals surface area contributed by atoms with E-state index in [1.165, 1.54) is 0 Å². The Morgan fingerprint density at radius 2 is 2.10 bits per heavy atom. The van der Waals surface area contributed by atoms with Gasteiger partial charge in [-0.05, 0) is 19.1 Å². The Labute approximate surface area is 121 Å². The minimum atomic E-state index is -0.758. The Morgan fingerprint density at radius 3 is 2.60 bits per heavy atom. The minimum Gasteiger partial charge on any atom is -0.352 e. The van der Waals surface area contributed by atoms with E-state index < -0.39 is 5.06 Å². The molecule has 0 aliphatic rings. The van der Waals surface area contributed by atoms with E-state index in [1.807, 2.05) is 6.92 Å². The molecule has 1 amide bonds. The fourth-order valence-electron chi connectivity index (χ4n) is 1.59. The average molecular weight is 287 g/mol. The van der Waals surface area contributed by atoms with Crippen molar-refractivity contribution < 1.29 is 9.32 Å². The SMILES string of the molecule is [B]C(C)(P)c1nc(-c2ccc(C(=O)NCC)cc2)no1. The number of amides is 1. The second kappa shape index (κ2) is 5.75. The van der Waals surface area contributed by atoms with Gasteiger partial charge in [-0.2, -0.15) is 4.98 Å². The molecule has 102 valence electrons. The molecule has 2 unspecified atom stereocenters. The summed E-state index contributed by atoms with van der Waals surface area (Å²) in [5.41, 5.74) is 1.36. The summed E-state index contributed by atoms with van der Waals surface area (Å²) in [6.45, 7) is 4.23. The smallest absolute Gasteiger partial charge is 0.251 e. The molecule has 0 bridgehead atoms. The fraction of sp³-hybridized carbons (Fsp3) is 0.308. The van der Waals surface area contributed by atoms with Crippen molar-refractivity contribution in [3.63, 3.8) is 0 Å². The van der Waals surface area contributed by atoms with E-state index in [2.05, 4.69) is 24.7 Å². The first-order valence-corrected chi connectivity index (χ1v) is 6.80. The maximum atomic E-state index is 11.6. The van der Waals surface area contributed by atoms with Crippen LogP contribution in [-0.2, 0) is 5.06 Å². The molecule has 2 radical (unpaired) electrons. The van der Waals surface area contributed by atoms with Crippen LogP contribution in [-0.4, -0.2) is 30.4 Å². The third-order valence-corrected chi connectivity index (χ3v) is 2.88. The molecular formula is C13H15BN3O2P. The molecule has 1 N–H and O–H groups in total. The Bertz CT molecular complexity index is 605. The number of carbonyl (C=O) groups excluding carboxylic acids is 1. The van der Waals surface area contributed by atoms with Crippen molar-refractivity contribution in [1.82, 2.24) is 15.5 Å². The summed E-state index contributed by atoms with van der Waals surface area (Å²) in [7, 11) is 8.30. The number of nitrogens with zero attached hydrogens (tertiary/aromatic N) is 2. The van der Waals surface area contributed by atoms with Gasteiger partial charge in [-0.3, -0.25) is 4.79 Å². The molecule has 1 aromatic heterocycles. The lowest BCUT2D eigenvalue weighted by Crippen LogP contribution is -2.22. The number of hydrogen-bond acceptors (Lipinski definition) is 4. The highest BCUT2D eigenvalue weighted by Crippen LogP contribution is 2.27. The third kappa shape index (κ3) is 3.25. The summed E-state index contributed by atoms with van der Waals surface area (Å²) in [5, 5.41) is 5.86. The van der Waals surface area contributed by atoms with Gasteiger partial charge in [0.05, 0.1) is 7.85 Å². The molecule has 0 aliphatic heterocycles. The van der Waals surface area contributed by atoms with Gasteiger partial charge in [0.25, 0.3) is 5.91 Å². The van der Waals surface area contributed by atoms with Crippen molar-refractivity contribution in [3.8, 4) is 11.4 Å². The molecule has 2 atom stereocenters. The van der Waals surface area contributed by atoms with Crippen molar-refractivity contribution in [2.45, 2.75) is 18.9 Å². The lowest BCUT2D eigenvalue weighted by atomic mass is 9.88. The van der Waals surface area contributed by atoms with Gasteiger partial charge in [0, 0.05) is 22.7 Å². The zero-order chi connectivity index (χ0) is 14.8. The van der Waals surface area contributed by atoms with Crippen LogP contribution in [0.25, 0.3) is 11.4 Å². The summed E-state index contributed by atoms with van der Waals surface area (Å²) < 4.78 is 5.11. The maximum absolute atomic E-state index is 11.6. The number of benzene rings is 1. The Balaban J connectivity index is 2.22. The lowest BCUT2D eigenvalue weighted by molar-refractivity contribution is 0.0956. The van der Waals surface area contributed by atoms with Gasteiger partial charge in [-0.1, -0.05) is 24.2 Å². The molecular weight excluding hydrogens is 272 g/mol. The first-order valence-electron chi connectivity index (χ1n) is 6.22. The second-order valence-corrected chi connectivity index (χ2v) is 5.84. The molecule has 1 aromatic carbocycles. The van der Waals surface area contributed by atoms with E-state index in [1.54, 1.807) is 31.2 Å². The quantitative estimate of drug-likeness (QED) is 0.686. The number of nitrogens with one attached hydrogen (secondary N) is 1. The summed E-state index contributed by atoms with van der Waals surface area (Å²) in [6.07, 6.45) is 0. The normalized spacial score (nSPS) is 13.8. The van der Waals surface area contributed by atoms with Gasteiger partial charge < -0.3 is 9.84 Å². The van der Waals surface area contributed by atoms with Gasteiger partial charge in [0.1, 0.15) is 0 Å². The average Bonchev–Trinajstić information content (AvgIpc) is 2.89. The van der Waals surface area contributed by atoms with Crippen LogP contribution < -0.4 is 5.32 Å². The number of hydrogen-bond donors (Lipinski definition) is 1. The van der Waals surface area contributed by atoms with Gasteiger partial charge >= 0.3 is 0 Å². The molecule has 2 rings (SSSR count). The van der Waals surface area contributed by atoms with Crippen molar-refractivity contribution in [3.05, 3.63) is 35.7 Å². The first kappa shape index (κ1) is 14.7. The highest BCUT2D eigenvalue weighted by Gasteiger charge is 2.21.